The third-order valence-corrected chi connectivity index (χ3v) is 16.5. The molecule has 82 heavy (non-hydrogen) atoms. The lowest BCUT2D eigenvalue weighted by atomic mass is 9.85. The molecule has 388 valence electrons. The number of pyridine rings is 1. The fraction of sp³-hybridized carbons (Fsp3) is 0.0526. The summed E-state index contributed by atoms with van der Waals surface area (Å²) in [6, 6.07) is 91.2. The van der Waals surface area contributed by atoms with Crippen LogP contribution in [0.4, 0.5) is 0 Å². The predicted molar refractivity (Wildman–Crippen MR) is 334 cm³/mol. The quantitative estimate of drug-likeness (QED) is 0.118. The number of hydrogen-bond donors (Lipinski definition) is 0. The summed E-state index contributed by atoms with van der Waals surface area (Å²) in [5.41, 5.74) is 22.3. The van der Waals surface area contributed by atoms with Crippen LogP contribution in [0.1, 0.15) is 26.3 Å². The van der Waals surface area contributed by atoms with Gasteiger partial charge < -0.3 is 9.15 Å². The Morgan fingerprint density at radius 1 is 0.439 bits per heavy atom. The maximum absolute atomic E-state index is 6.96. The van der Waals surface area contributed by atoms with Crippen LogP contribution < -0.4 is 9.30 Å². The van der Waals surface area contributed by atoms with Gasteiger partial charge in [-0.3, -0.25) is 13.7 Å². The molecule has 0 saturated heterocycles. The summed E-state index contributed by atoms with van der Waals surface area (Å²) >= 11 is 0. The minimum atomic E-state index is -0.0421. The Labute approximate surface area is 474 Å². The highest BCUT2D eigenvalue weighted by Gasteiger charge is 2.29. The molecule has 11 aromatic carbocycles. The molecule has 1 aliphatic rings. The van der Waals surface area contributed by atoms with E-state index in [0.717, 1.165) is 144 Å². The summed E-state index contributed by atoms with van der Waals surface area (Å²) in [5, 5.41) is 4.44. The van der Waals surface area contributed by atoms with Crippen LogP contribution in [0.2, 0.25) is 0 Å². The Morgan fingerprint density at radius 3 is 1.85 bits per heavy atom. The molecule has 15 aromatic rings. The second-order valence-corrected chi connectivity index (χ2v) is 22.5. The van der Waals surface area contributed by atoms with Gasteiger partial charge in [-0.05, 0) is 157 Å². The number of aromatic nitrogens is 4. The van der Waals surface area contributed by atoms with Crippen molar-refractivity contribution < 1.29 is 13.7 Å². The summed E-state index contributed by atoms with van der Waals surface area (Å²) in [4.78, 5) is 4.94. The largest absolute Gasteiger partial charge is 0.458 e. The number of furan rings is 1. The van der Waals surface area contributed by atoms with Crippen molar-refractivity contribution in [3.63, 3.8) is 0 Å². The summed E-state index contributed by atoms with van der Waals surface area (Å²) in [5.74, 6) is 2.30. The maximum atomic E-state index is 6.96. The number of para-hydroxylation sites is 4. The van der Waals surface area contributed by atoms with Crippen LogP contribution in [-0.2, 0) is 5.41 Å². The van der Waals surface area contributed by atoms with Crippen LogP contribution in [0.3, 0.4) is 0 Å². The molecule has 0 bridgehead atoms. The molecule has 6 heteroatoms. The Morgan fingerprint density at radius 2 is 1.06 bits per heavy atom. The van der Waals surface area contributed by atoms with E-state index >= 15 is 0 Å². The normalized spacial score (nSPS) is 12.1. The summed E-state index contributed by atoms with van der Waals surface area (Å²) in [7, 11) is 0. The molecule has 4 aromatic heterocycles. The van der Waals surface area contributed by atoms with Crippen LogP contribution >= 0.6 is 0 Å². The van der Waals surface area contributed by atoms with Gasteiger partial charge in [0.05, 0.1) is 33.4 Å². The summed E-state index contributed by atoms with van der Waals surface area (Å²) in [6.45, 7) is 6.72. The van der Waals surface area contributed by atoms with Crippen molar-refractivity contribution in [2.45, 2.75) is 26.2 Å². The second kappa shape index (κ2) is 18.5. The number of nitrogens with zero attached hydrogens (tertiary/aromatic N) is 4. The molecule has 0 fully saturated rings. The standard InChI is InChI=1S/C76H52N4O2/c1-76(2,3)53-39-40-77-71(44-53)80-66-32-14-12-27-60(66)61-36-35-56(46-68(61)80)81-55-24-16-23-54(45-55)78-47-79-74-57(52-42-50(48-19-6-4-7-20-48)41-51(43-52)49-21-8-5-9-22-49)29-17-31-65(74)72-62(37-38-70-73(72)64-28-13-15-34-69(64)82-70)58-25-10-11-26-59(58)63-30-18-33-67(78)75(63)79/h4-46H,1-3H3. The number of benzene rings is 11. The van der Waals surface area contributed by atoms with E-state index in [2.05, 4.69) is 290 Å². The fourth-order valence-electron chi connectivity index (χ4n) is 12.7. The van der Waals surface area contributed by atoms with Gasteiger partial charge in [0.25, 0.3) is 6.33 Å². The second-order valence-electron chi connectivity index (χ2n) is 22.5. The van der Waals surface area contributed by atoms with Gasteiger partial charge in [0.1, 0.15) is 28.5 Å². The Kier molecular flexibility index (Phi) is 10.7. The van der Waals surface area contributed by atoms with Crippen molar-refractivity contribution in [1.29, 1.82) is 0 Å². The first kappa shape index (κ1) is 47.4. The topological polar surface area (TPSA) is 49.0 Å². The molecule has 5 heterocycles. The van der Waals surface area contributed by atoms with Gasteiger partial charge in [-0.1, -0.05) is 191 Å². The van der Waals surface area contributed by atoms with Crippen LogP contribution in [0.25, 0.3) is 139 Å². The smallest absolute Gasteiger partial charge is 0.269 e. The number of ether oxygens (including phenoxy) is 1. The van der Waals surface area contributed by atoms with E-state index in [-0.39, 0.29) is 5.41 Å². The Hall–Kier alpha value is -10.6. The van der Waals surface area contributed by atoms with Gasteiger partial charge in [-0.15, -0.1) is 0 Å². The Balaban J connectivity index is 0.933. The minimum absolute atomic E-state index is 0.0421. The molecule has 0 aliphatic carbocycles. The molecule has 0 unspecified atom stereocenters. The van der Waals surface area contributed by atoms with Crippen LogP contribution in [-0.4, -0.2) is 14.1 Å². The molecule has 0 atom stereocenters. The molecule has 6 nitrogen and oxygen atoms in total. The van der Waals surface area contributed by atoms with E-state index < -0.39 is 0 Å². The van der Waals surface area contributed by atoms with Crippen molar-refractivity contribution in [3.8, 4) is 95.5 Å². The predicted octanol–water partition coefficient (Wildman–Crippen LogP) is 19.5. The zero-order chi connectivity index (χ0) is 54.6. The van der Waals surface area contributed by atoms with E-state index in [0.29, 0.717) is 5.75 Å². The first-order chi connectivity index (χ1) is 40.3. The number of imidazole rings is 1. The van der Waals surface area contributed by atoms with E-state index in [1.807, 2.05) is 12.3 Å². The summed E-state index contributed by atoms with van der Waals surface area (Å²) in [6.07, 6.45) is 5.98. The molecule has 0 spiro atoms. The first-order valence-corrected chi connectivity index (χ1v) is 28.0. The SMILES string of the molecule is CC(C)(C)c1ccnc(-n2c3ccccc3c3ccc(Oc4cccc(-n5[c-][n+]6c7c(cccc75)-c5ccccc5-c5ccc7oc8ccccc8c7c5-c5cccc(-c7cc(-c8ccccc8)cc(-c8ccccc8)c7)c5-6)c4)cc32)c1. The molecule has 0 saturated carbocycles. The highest BCUT2D eigenvalue weighted by atomic mass is 16.5. The lowest BCUT2D eigenvalue weighted by Crippen LogP contribution is -2.32. The van der Waals surface area contributed by atoms with Crippen LogP contribution in [0, 0.1) is 6.33 Å². The van der Waals surface area contributed by atoms with Gasteiger partial charge in [0.2, 0.25) is 0 Å². The van der Waals surface area contributed by atoms with E-state index in [1.54, 1.807) is 0 Å². The third kappa shape index (κ3) is 7.63. The molecule has 0 amide bonds. The highest BCUT2D eigenvalue weighted by molar-refractivity contribution is 6.18. The molecule has 1 aliphatic heterocycles. The Bertz CT molecular complexity index is 5000. The van der Waals surface area contributed by atoms with Crippen LogP contribution in [0.5, 0.6) is 11.5 Å². The maximum Gasteiger partial charge on any atom is 0.269 e. The average molecular weight is 1050 g/mol. The number of hydrogen-bond acceptors (Lipinski definition) is 3. The van der Waals surface area contributed by atoms with Gasteiger partial charge in [0, 0.05) is 33.8 Å². The monoisotopic (exact) mass is 1050 g/mol. The van der Waals surface area contributed by atoms with Crippen molar-refractivity contribution in [2.75, 3.05) is 0 Å². The summed E-state index contributed by atoms with van der Waals surface area (Å²) < 4.78 is 20.5. The zero-order valence-electron chi connectivity index (χ0n) is 45.4. The van der Waals surface area contributed by atoms with E-state index in [1.165, 1.54) is 5.56 Å². The molecule has 16 rings (SSSR count). The van der Waals surface area contributed by atoms with Gasteiger partial charge in [0.15, 0.2) is 0 Å². The lowest BCUT2D eigenvalue weighted by Gasteiger charge is -2.20. The van der Waals surface area contributed by atoms with E-state index in [4.69, 9.17) is 14.1 Å². The number of rotatable bonds is 7. The molecule has 0 radical (unpaired) electrons. The first-order valence-electron chi connectivity index (χ1n) is 28.0. The average Bonchev–Trinajstić information content (AvgIpc) is 3.18. The third-order valence-electron chi connectivity index (χ3n) is 16.5. The minimum Gasteiger partial charge on any atom is -0.458 e. The van der Waals surface area contributed by atoms with Crippen molar-refractivity contribution in [2.24, 2.45) is 0 Å². The number of fused-ring (bicyclic) bond motifs is 14. The molecular weight excluding hydrogens is 1000 g/mol. The zero-order valence-corrected chi connectivity index (χ0v) is 45.4. The fourth-order valence-corrected chi connectivity index (χ4v) is 12.7. The van der Waals surface area contributed by atoms with Crippen molar-refractivity contribution in [1.82, 2.24) is 14.1 Å². The van der Waals surface area contributed by atoms with Gasteiger partial charge in [-0.2, -0.15) is 0 Å². The van der Waals surface area contributed by atoms with Crippen molar-refractivity contribution in [3.05, 3.63) is 273 Å². The van der Waals surface area contributed by atoms with Crippen molar-refractivity contribution >= 4 is 54.8 Å². The van der Waals surface area contributed by atoms with Gasteiger partial charge >= 0.3 is 0 Å². The highest BCUT2D eigenvalue weighted by Crippen LogP contribution is 2.50. The van der Waals surface area contributed by atoms with Gasteiger partial charge in [-0.25, -0.2) is 4.98 Å². The lowest BCUT2D eigenvalue weighted by molar-refractivity contribution is -0.570. The van der Waals surface area contributed by atoms with E-state index in [9.17, 15) is 0 Å². The molecular formula is C76H52N4O2. The molecule has 0 N–H and O–H groups in total. The van der Waals surface area contributed by atoms with Crippen LogP contribution in [0.15, 0.2) is 265 Å².